The summed E-state index contributed by atoms with van der Waals surface area (Å²) in [7, 11) is 0. The number of hydrogen-bond donors (Lipinski definition) is 3. The fraction of sp³-hybridized carbons (Fsp3) is 0.692. The van der Waals surface area contributed by atoms with Crippen molar-refractivity contribution in [2.75, 3.05) is 29.5 Å². The molecule has 0 unspecified atom stereocenters. The van der Waals surface area contributed by atoms with Crippen LogP contribution in [0.3, 0.4) is 0 Å². The third kappa shape index (κ3) is 4.77. The summed E-state index contributed by atoms with van der Waals surface area (Å²) < 4.78 is 0. The molecule has 0 fully saturated rings. The molecule has 102 valence electrons. The minimum atomic E-state index is 0.609. The Hall–Kier alpha value is -1.52. The molecule has 0 atom stereocenters. The fourth-order valence-electron chi connectivity index (χ4n) is 1.54. The first kappa shape index (κ1) is 14.5. The van der Waals surface area contributed by atoms with Crippen molar-refractivity contribution in [3.63, 3.8) is 0 Å². The average molecular weight is 251 g/mol. The van der Waals surface area contributed by atoms with Crippen LogP contribution in [0.5, 0.6) is 0 Å². The molecule has 0 saturated heterocycles. The van der Waals surface area contributed by atoms with Crippen LogP contribution in [0.25, 0.3) is 0 Å². The summed E-state index contributed by atoms with van der Waals surface area (Å²) in [4.78, 5) is 8.34. The summed E-state index contributed by atoms with van der Waals surface area (Å²) in [6.07, 6.45) is 4.90. The number of hydrogen-bond acceptors (Lipinski definition) is 5. The second kappa shape index (κ2) is 7.74. The Bertz CT molecular complexity index is 351. The quantitative estimate of drug-likeness (QED) is 0.619. The monoisotopic (exact) mass is 251 g/mol. The van der Waals surface area contributed by atoms with Crippen molar-refractivity contribution < 1.29 is 0 Å². The van der Waals surface area contributed by atoms with Gasteiger partial charge in [-0.2, -0.15) is 0 Å². The molecule has 0 spiro atoms. The van der Waals surface area contributed by atoms with Crippen LogP contribution in [0.4, 0.5) is 17.3 Å². The molecule has 0 aliphatic carbocycles. The molecule has 18 heavy (non-hydrogen) atoms. The van der Waals surface area contributed by atoms with Gasteiger partial charge in [0.05, 0.1) is 0 Å². The van der Waals surface area contributed by atoms with E-state index in [1.54, 1.807) is 6.33 Å². The SMILES string of the molecule is CCCCNc1ncnc(NCCC(C)C)c1N. The molecule has 1 aromatic heterocycles. The largest absolute Gasteiger partial charge is 0.393 e. The van der Waals surface area contributed by atoms with Gasteiger partial charge in [0, 0.05) is 13.1 Å². The van der Waals surface area contributed by atoms with Gasteiger partial charge >= 0.3 is 0 Å². The number of nitrogen functional groups attached to an aromatic ring is 1. The summed E-state index contributed by atoms with van der Waals surface area (Å²) in [5, 5.41) is 6.50. The van der Waals surface area contributed by atoms with Crippen LogP contribution in [0.15, 0.2) is 6.33 Å². The number of unbranched alkanes of at least 4 members (excludes halogenated alkanes) is 1. The highest BCUT2D eigenvalue weighted by Gasteiger charge is 2.07. The van der Waals surface area contributed by atoms with E-state index in [1.165, 1.54) is 0 Å². The second-order valence-corrected chi connectivity index (χ2v) is 4.87. The van der Waals surface area contributed by atoms with Gasteiger partial charge in [-0.3, -0.25) is 0 Å². The molecule has 0 amide bonds. The lowest BCUT2D eigenvalue weighted by atomic mass is 10.1. The molecule has 0 aromatic carbocycles. The summed E-state index contributed by atoms with van der Waals surface area (Å²) in [6.45, 7) is 8.33. The van der Waals surface area contributed by atoms with Gasteiger partial charge in [-0.1, -0.05) is 27.2 Å². The van der Waals surface area contributed by atoms with Gasteiger partial charge in [0.2, 0.25) is 0 Å². The van der Waals surface area contributed by atoms with Crippen LogP contribution >= 0.6 is 0 Å². The molecule has 0 aliphatic heterocycles. The number of aromatic nitrogens is 2. The summed E-state index contributed by atoms with van der Waals surface area (Å²) in [5.41, 5.74) is 6.64. The first-order chi connectivity index (χ1) is 8.65. The van der Waals surface area contributed by atoms with E-state index in [0.717, 1.165) is 44.0 Å². The molecule has 5 nitrogen and oxygen atoms in total. The Morgan fingerprint density at radius 3 is 2.33 bits per heavy atom. The molecule has 1 rings (SSSR count). The number of nitrogens with two attached hydrogens (primary N) is 1. The standard InChI is InChI=1S/C13H25N5/c1-4-5-7-15-12-11(14)13(18-9-17-12)16-8-6-10(2)3/h9-10H,4-8,14H2,1-3H3,(H2,15,16,17,18). The molecule has 0 aliphatic rings. The van der Waals surface area contributed by atoms with E-state index in [-0.39, 0.29) is 0 Å². The third-order valence-corrected chi connectivity index (χ3v) is 2.72. The zero-order valence-corrected chi connectivity index (χ0v) is 11.7. The number of nitrogens with one attached hydrogen (secondary N) is 2. The number of rotatable bonds is 8. The van der Waals surface area contributed by atoms with E-state index in [4.69, 9.17) is 5.73 Å². The van der Waals surface area contributed by atoms with Crippen molar-refractivity contribution in [2.24, 2.45) is 5.92 Å². The van der Waals surface area contributed by atoms with E-state index in [2.05, 4.69) is 41.4 Å². The van der Waals surface area contributed by atoms with E-state index < -0.39 is 0 Å². The van der Waals surface area contributed by atoms with Crippen molar-refractivity contribution in [1.82, 2.24) is 9.97 Å². The first-order valence-corrected chi connectivity index (χ1v) is 6.73. The van der Waals surface area contributed by atoms with Gasteiger partial charge in [0.15, 0.2) is 11.6 Å². The topological polar surface area (TPSA) is 75.9 Å². The van der Waals surface area contributed by atoms with Crippen molar-refractivity contribution in [3.05, 3.63) is 6.33 Å². The average Bonchev–Trinajstić information content (AvgIpc) is 2.33. The predicted octanol–water partition coefficient (Wildman–Crippen LogP) is 2.73. The second-order valence-electron chi connectivity index (χ2n) is 4.87. The van der Waals surface area contributed by atoms with Gasteiger partial charge in [0.25, 0.3) is 0 Å². The zero-order chi connectivity index (χ0) is 13.4. The van der Waals surface area contributed by atoms with E-state index >= 15 is 0 Å². The van der Waals surface area contributed by atoms with Crippen LogP contribution in [-0.2, 0) is 0 Å². The zero-order valence-electron chi connectivity index (χ0n) is 11.7. The van der Waals surface area contributed by atoms with E-state index in [0.29, 0.717) is 11.6 Å². The van der Waals surface area contributed by atoms with Gasteiger partial charge < -0.3 is 16.4 Å². The Balaban J connectivity index is 2.55. The Morgan fingerprint density at radius 1 is 1.17 bits per heavy atom. The number of nitrogens with zero attached hydrogens (tertiary/aromatic N) is 2. The van der Waals surface area contributed by atoms with Crippen LogP contribution in [0, 0.1) is 5.92 Å². The maximum atomic E-state index is 6.03. The van der Waals surface area contributed by atoms with Crippen molar-refractivity contribution >= 4 is 17.3 Å². The highest BCUT2D eigenvalue weighted by molar-refractivity contribution is 5.73. The van der Waals surface area contributed by atoms with Gasteiger partial charge in [-0.25, -0.2) is 9.97 Å². The molecular formula is C13H25N5. The minimum absolute atomic E-state index is 0.609. The molecular weight excluding hydrogens is 226 g/mol. The van der Waals surface area contributed by atoms with Crippen LogP contribution < -0.4 is 16.4 Å². The normalized spacial score (nSPS) is 10.7. The maximum Gasteiger partial charge on any atom is 0.154 e. The summed E-state index contributed by atoms with van der Waals surface area (Å²) in [6, 6.07) is 0. The van der Waals surface area contributed by atoms with Crippen LogP contribution in [0.2, 0.25) is 0 Å². The molecule has 1 aromatic rings. The van der Waals surface area contributed by atoms with Crippen LogP contribution in [0.1, 0.15) is 40.0 Å². The van der Waals surface area contributed by atoms with Crippen LogP contribution in [-0.4, -0.2) is 23.1 Å². The minimum Gasteiger partial charge on any atom is -0.393 e. The van der Waals surface area contributed by atoms with Gasteiger partial charge in [-0.15, -0.1) is 0 Å². The molecule has 0 bridgehead atoms. The molecule has 1 heterocycles. The molecule has 4 N–H and O–H groups in total. The number of anilines is 3. The molecule has 5 heteroatoms. The Labute approximate surface area is 110 Å². The lowest BCUT2D eigenvalue weighted by Gasteiger charge is -2.12. The van der Waals surface area contributed by atoms with Gasteiger partial charge in [-0.05, 0) is 18.8 Å². The van der Waals surface area contributed by atoms with Crippen molar-refractivity contribution in [1.29, 1.82) is 0 Å². The summed E-state index contributed by atoms with van der Waals surface area (Å²) in [5.74, 6) is 2.12. The Kier molecular flexibility index (Phi) is 6.25. The van der Waals surface area contributed by atoms with Gasteiger partial charge in [0.1, 0.15) is 12.0 Å². The van der Waals surface area contributed by atoms with E-state index in [1.807, 2.05) is 0 Å². The van der Waals surface area contributed by atoms with Crippen molar-refractivity contribution in [2.45, 2.75) is 40.0 Å². The molecule has 0 radical (unpaired) electrons. The maximum absolute atomic E-state index is 6.03. The highest BCUT2D eigenvalue weighted by Crippen LogP contribution is 2.22. The molecule has 0 saturated carbocycles. The predicted molar refractivity (Wildman–Crippen MR) is 77.8 cm³/mol. The fourth-order valence-corrected chi connectivity index (χ4v) is 1.54. The van der Waals surface area contributed by atoms with E-state index in [9.17, 15) is 0 Å². The lowest BCUT2D eigenvalue weighted by Crippen LogP contribution is -2.12. The smallest absolute Gasteiger partial charge is 0.154 e. The summed E-state index contributed by atoms with van der Waals surface area (Å²) >= 11 is 0. The highest BCUT2D eigenvalue weighted by atomic mass is 15.1. The van der Waals surface area contributed by atoms with Crippen molar-refractivity contribution in [3.8, 4) is 0 Å². The third-order valence-electron chi connectivity index (χ3n) is 2.72. The Morgan fingerprint density at radius 2 is 1.78 bits per heavy atom. The lowest BCUT2D eigenvalue weighted by molar-refractivity contribution is 0.606. The first-order valence-electron chi connectivity index (χ1n) is 6.73.